The summed E-state index contributed by atoms with van der Waals surface area (Å²) in [5, 5.41) is 15.1. The van der Waals surface area contributed by atoms with E-state index in [0.29, 0.717) is 29.5 Å². The molecule has 2 rings (SSSR count). The fourth-order valence-electron chi connectivity index (χ4n) is 1.76. The smallest absolute Gasteiger partial charge is 0.315 e. The second-order valence-electron chi connectivity index (χ2n) is 4.92. The van der Waals surface area contributed by atoms with Crippen molar-refractivity contribution in [3.05, 3.63) is 40.7 Å². The zero-order chi connectivity index (χ0) is 14.5. The van der Waals surface area contributed by atoms with Gasteiger partial charge in [-0.3, -0.25) is 0 Å². The summed E-state index contributed by atoms with van der Waals surface area (Å²) in [6, 6.07) is 8.46. The van der Waals surface area contributed by atoms with Crippen LogP contribution in [0.2, 0.25) is 5.02 Å². The molecule has 0 saturated heterocycles. The van der Waals surface area contributed by atoms with Crippen molar-refractivity contribution < 1.29 is 4.42 Å². The van der Waals surface area contributed by atoms with Gasteiger partial charge >= 0.3 is 6.01 Å². The highest BCUT2D eigenvalue weighted by atomic mass is 35.5. The van der Waals surface area contributed by atoms with Crippen molar-refractivity contribution >= 4 is 17.6 Å². The van der Waals surface area contributed by atoms with Gasteiger partial charge in [0.05, 0.1) is 12.6 Å². The van der Waals surface area contributed by atoms with Crippen LogP contribution < -0.4 is 10.6 Å². The van der Waals surface area contributed by atoms with Crippen LogP contribution in [-0.2, 0) is 6.54 Å². The number of nitrogens with zero attached hydrogens (tertiary/aromatic N) is 2. The highest BCUT2D eigenvalue weighted by molar-refractivity contribution is 6.31. The first-order valence-corrected chi connectivity index (χ1v) is 7.00. The Labute approximate surface area is 123 Å². The van der Waals surface area contributed by atoms with Crippen LogP contribution in [0.25, 0.3) is 0 Å². The maximum absolute atomic E-state index is 6.16. The normalized spacial score (nSPS) is 12.7. The molecule has 1 heterocycles. The molecular formula is C14H19ClN4O. The number of halogens is 1. The number of aromatic nitrogens is 2. The van der Waals surface area contributed by atoms with Gasteiger partial charge in [0.1, 0.15) is 0 Å². The molecule has 6 heteroatoms. The Bertz CT molecular complexity index is 556. The van der Waals surface area contributed by atoms with Gasteiger partial charge in [-0.2, -0.15) is 0 Å². The van der Waals surface area contributed by atoms with Gasteiger partial charge in [-0.1, -0.05) is 48.7 Å². The van der Waals surface area contributed by atoms with Crippen molar-refractivity contribution in [3.8, 4) is 0 Å². The fourth-order valence-corrected chi connectivity index (χ4v) is 2.06. The van der Waals surface area contributed by atoms with Crippen molar-refractivity contribution in [2.24, 2.45) is 0 Å². The highest BCUT2D eigenvalue weighted by Gasteiger charge is 2.13. The maximum atomic E-state index is 6.16. The Morgan fingerprint density at radius 3 is 2.65 bits per heavy atom. The summed E-state index contributed by atoms with van der Waals surface area (Å²) in [7, 11) is 0. The molecule has 108 valence electrons. The Morgan fingerprint density at radius 1 is 1.20 bits per heavy atom. The lowest BCUT2D eigenvalue weighted by Crippen LogP contribution is -2.21. The first kappa shape index (κ1) is 14.8. The Hall–Kier alpha value is -1.59. The third kappa shape index (κ3) is 3.95. The van der Waals surface area contributed by atoms with Gasteiger partial charge in [-0.05, 0) is 18.6 Å². The largest absolute Gasteiger partial charge is 0.407 e. The molecule has 1 aromatic heterocycles. The van der Waals surface area contributed by atoms with Gasteiger partial charge < -0.3 is 15.1 Å². The van der Waals surface area contributed by atoms with E-state index in [1.165, 1.54) is 0 Å². The minimum Gasteiger partial charge on any atom is -0.407 e. The Kier molecular flexibility index (Phi) is 4.98. The Morgan fingerprint density at radius 2 is 1.95 bits per heavy atom. The van der Waals surface area contributed by atoms with Gasteiger partial charge in [-0.25, -0.2) is 0 Å². The minimum atomic E-state index is -0.00458. The maximum Gasteiger partial charge on any atom is 0.315 e. The Balaban J connectivity index is 1.98. The zero-order valence-electron chi connectivity index (χ0n) is 11.9. The van der Waals surface area contributed by atoms with Crippen molar-refractivity contribution in [1.29, 1.82) is 0 Å². The van der Waals surface area contributed by atoms with E-state index >= 15 is 0 Å². The van der Waals surface area contributed by atoms with E-state index in [9.17, 15) is 0 Å². The van der Waals surface area contributed by atoms with E-state index in [2.05, 4.69) is 34.7 Å². The monoisotopic (exact) mass is 294 g/mol. The summed E-state index contributed by atoms with van der Waals surface area (Å²) in [4.78, 5) is 0. The molecule has 20 heavy (non-hydrogen) atoms. The van der Waals surface area contributed by atoms with E-state index in [-0.39, 0.29) is 6.04 Å². The van der Waals surface area contributed by atoms with Gasteiger partial charge in [0.2, 0.25) is 5.89 Å². The van der Waals surface area contributed by atoms with E-state index in [0.717, 1.165) is 5.56 Å². The van der Waals surface area contributed by atoms with Crippen molar-refractivity contribution in [2.45, 2.75) is 39.4 Å². The second-order valence-corrected chi connectivity index (χ2v) is 5.33. The number of hydrogen-bond acceptors (Lipinski definition) is 5. The molecule has 0 aliphatic carbocycles. The van der Waals surface area contributed by atoms with Crippen LogP contribution >= 0.6 is 11.6 Å². The average molecular weight is 295 g/mol. The summed E-state index contributed by atoms with van der Waals surface area (Å²) >= 11 is 6.16. The SMILES string of the molecule is CC(C)NCc1nnc(NC(C)c2ccccc2Cl)o1. The standard InChI is InChI=1S/C14H19ClN4O/c1-9(2)16-8-13-18-19-14(20-13)17-10(3)11-6-4-5-7-12(11)15/h4-7,9-10,16H,8H2,1-3H3,(H,17,19). The van der Waals surface area contributed by atoms with Crippen LogP contribution in [0.15, 0.2) is 28.7 Å². The molecule has 0 aliphatic rings. The fraction of sp³-hybridized carbons (Fsp3) is 0.429. The van der Waals surface area contributed by atoms with Crippen LogP contribution in [0.4, 0.5) is 6.01 Å². The molecule has 0 bridgehead atoms. The van der Waals surface area contributed by atoms with Gasteiger partial charge in [-0.15, -0.1) is 5.10 Å². The second kappa shape index (κ2) is 6.72. The highest BCUT2D eigenvalue weighted by Crippen LogP contribution is 2.25. The quantitative estimate of drug-likeness (QED) is 0.855. The van der Waals surface area contributed by atoms with E-state index < -0.39 is 0 Å². The summed E-state index contributed by atoms with van der Waals surface area (Å²) < 4.78 is 5.53. The molecule has 0 spiro atoms. The predicted molar refractivity (Wildman–Crippen MR) is 79.8 cm³/mol. The van der Waals surface area contributed by atoms with Crippen molar-refractivity contribution in [2.75, 3.05) is 5.32 Å². The van der Waals surface area contributed by atoms with Gasteiger partial charge in [0.15, 0.2) is 0 Å². The molecule has 2 N–H and O–H groups in total. The molecule has 0 radical (unpaired) electrons. The lowest BCUT2D eigenvalue weighted by Gasteiger charge is -2.13. The summed E-state index contributed by atoms with van der Waals surface area (Å²) in [5.74, 6) is 0.563. The summed E-state index contributed by atoms with van der Waals surface area (Å²) in [5.41, 5.74) is 0.995. The number of nitrogens with one attached hydrogen (secondary N) is 2. The molecule has 5 nitrogen and oxygen atoms in total. The van der Waals surface area contributed by atoms with Crippen LogP contribution in [0, 0.1) is 0 Å². The van der Waals surface area contributed by atoms with Crippen LogP contribution in [0.3, 0.4) is 0 Å². The molecule has 1 unspecified atom stereocenters. The van der Waals surface area contributed by atoms with Crippen LogP contribution in [-0.4, -0.2) is 16.2 Å². The number of anilines is 1. The molecule has 0 amide bonds. The molecule has 0 aliphatic heterocycles. The van der Waals surface area contributed by atoms with E-state index in [4.69, 9.17) is 16.0 Å². The molecule has 0 saturated carbocycles. The molecule has 1 atom stereocenters. The first-order valence-electron chi connectivity index (χ1n) is 6.63. The molecule has 2 aromatic rings. The lowest BCUT2D eigenvalue weighted by molar-refractivity contribution is 0.456. The lowest BCUT2D eigenvalue weighted by atomic mass is 10.1. The summed E-state index contributed by atoms with van der Waals surface area (Å²) in [6.45, 7) is 6.69. The molecular weight excluding hydrogens is 276 g/mol. The van der Waals surface area contributed by atoms with Crippen LogP contribution in [0.1, 0.15) is 38.3 Å². The van der Waals surface area contributed by atoms with Crippen molar-refractivity contribution in [1.82, 2.24) is 15.5 Å². The third-order valence-corrected chi connectivity index (χ3v) is 3.18. The molecule has 1 aromatic carbocycles. The number of rotatable bonds is 6. The zero-order valence-corrected chi connectivity index (χ0v) is 12.6. The van der Waals surface area contributed by atoms with E-state index in [1.807, 2.05) is 31.2 Å². The number of hydrogen-bond donors (Lipinski definition) is 2. The molecule has 0 fully saturated rings. The van der Waals surface area contributed by atoms with Crippen LogP contribution in [0.5, 0.6) is 0 Å². The third-order valence-electron chi connectivity index (χ3n) is 2.84. The topological polar surface area (TPSA) is 63.0 Å². The predicted octanol–water partition coefficient (Wildman–Crippen LogP) is 3.39. The first-order chi connectivity index (χ1) is 9.56. The van der Waals surface area contributed by atoms with Gasteiger partial charge in [0, 0.05) is 11.1 Å². The van der Waals surface area contributed by atoms with E-state index in [1.54, 1.807) is 0 Å². The van der Waals surface area contributed by atoms with Crippen molar-refractivity contribution in [3.63, 3.8) is 0 Å². The summed E-state index contributed by atoms with van der Waals surface area (Å²) in [6.07, 6.45) is 0. The number of benzene rings is 1. The minimum absolute atomic E-state index is 0.00458. The van der Waals surface area contributed by atoms with Gasteiger partial charge in [0.25, 0.3) is 0 Å². The average Bonchev–Trinajstić information content (AvgIpc) is 2.84.